The van der Waals surface area contributed by atoms with Gasteiger partial charge < -0.3 is 5.11 Å². The van der Waals surface area contributed by atoms with Crippen LogP contribution in [0.25, 0.3) is 0 Å². The van der Waals surface area contributed by atoms with E-state index in [4.69, 9.17) is 0 Å². The molecule has 2 aliphatic carbocycles. The van der Waals surface area contributed by atoms with E-state index in [9.17, 15) is 9.90 Å². The molecule has 1 N–H and O–H groups in total. The Labute approximate surface area is 126 Å². The fraction of sp³-hybridized carbons (Fsp3) is 0.526. The van der Waals surface area contributed by atoms with Crippen LogP contribution in [-0.2, 0) is 17.6 Å². The van der Waals surface area contributed by atoms with Crippen molar-refractivity contribution in [1.29, 1.82) is 0 Å². The van der Waals surface area contributed by atoms with Crippen LogP contribution in [0.5, 0.6) is 0 Å². The van der Waals surface area contributed by atoms with Gasteiger partial charge >= 0.3 is 0 Å². The minimum atomic E-state index is 0.142. The van der Waals surface area contributed by atoms with E-state index in [-0.39, 0.29) is 5.78 Å². The first-order valence-electron chi connectivity index (χ1n) is 8.25. The molecule has 0 heterocycles. The highest BCUT2D eigenvalue weighted by atomic mass is 16.3. The largest absolute Gasteiger partial charge is 0.512 e. The number of hydrogen-bond acceptors (Lipinski definition) is 2. The highest BCUT2D eigenvalue weighted by Gasteiger charge is 2.27. The lowest BCUT2D eigenvalue weighted by Crippen LogP contribution is -2.18. The summed E-state index contributed by atoms with van der Waals surface area (Å²) in [6, 6.07) is 6.82. The molecule has 2 nitrogen and oxygen atoms in total. The predicted molar refractivity (Wildman–Crippen MR) is 84.6 cm³/mol. The fourth-order valence-corrected chi connectivity index (χ4v) is 3.72. The molecule has 1 fully saturated rings. The molecule has 0 aliphatic heterocycles. The Hall–Kier alpha value is -1.57. The van der Waals surface area contributed by atoms with E-state index in [0.29, 0.717) is 30.1 Å². The second-order valence-electron chi connectivity index (χ2n) is 6.38. The first kappa shape index (κ1) is 14.4. The van der Waals surface area contributed by atoms with Gasteiger partial charge in [-0.05, 0) is 61.1 Å². The lowest BCUT2D eigenvalue weighted by Gasteiger charge is -2.25. The zero-order valence-corrected chi connectivity index (χ0v) is 12.8. The number of allylic oxidation sites excluding steroid dienone is 2. The van der Waals surface area contributed by atoms with Crippen molar-refractivity contribution in [2.24, 2.45) is 0 Å². The maximum Gasteiger partial charge on any atom is 0.162 e. The highest BCUT2D eigenvalue weighted by molar-refractivity contribution is 5.97. The Bertz CT molecular complexity index is 583. The molecule has 2 aliphatic rings. The summed E-state index contributed by atoms with van der Waals surface area (Å²) < 4.78 is 0. The van der Waals surface area contributed by atoms with Crippen molar-refractivity contribution < 1.29 is 9.90 Å². The van der Waals surface area contributed by atoms with Crippen molar-refractivity contribution in [3.63, 3.8) is 0 Å². The molecule has 0 spiro atoms. The van der Waals surface area contributed by atoms with Gasteiger partial charge in [0.1, 0.15) is 0 Å². The number of Topliss-reactive ketones (excluding diaryl/α,β-unsaturated/α-hetero) is 1. The standard InChI is InChI=1S/C19H24O2/c1-2-18(20)17-10-9-16(12-19(17)21)15-8-7-13-5-3-4-6-14(13)11-15/h7-8,11,16,20H,2-6,9-10,12H2,1H3. The van der Waals surface area contributed by atoms with Gasteiger partial charge in [-0.1, -0.05) is 25.1 Å². The highest BCUT2D eigenvalue weighted by Crippen LogP contribution is 2.36. The van der Waals surface area contributed by atoms with Crippen molar-refractivity contribution in [1.82, 2.24) is 0 Å². The van der Waals surface area contributed by atoms with Gasteiger partial charge in [-0.15, -0.1) is 0 Å². The Morgan fingerprint density at radius 3 is 2.67 bits per heavy atom. The van der Waals surface area contributed by atoms with Crippen LogP contribution in [-0.4, -0.2) is 10.9 Å². The molecule has 2 heteroatoms. The lowest BCUT2D eigenvalue weighted by atomic mass is 9.78. The van der Waals surface area contributed by atoms with Gasteiger partial charge in [-0.25, -0.2) is 0 Å². The van der Waals surface area contributed by atoms with Crippen LogP contribution in [0.15, 0.2) is 29.5 Å². The zero-order chi connectivity index (χ0) is 14.8. The Balaban J connectivity index is 1.79. The number of ketones is 1. The topological polar surface area (TPSA) is 37.3 Å². The third-order valence-corrected chi connectivity index (χ3v) is 5.04. The summed E-state index contributed by atoms with van der Waals surface area (Å²) >= 11 is 0. The van der Waals surface area contributed by atoms with Crippen LogP contribution in [0.3, 0.4) is 0 Å². The monoisotopic (exact) mass is 284 g/mol. The number of benzene rings is 1. The van der Waals surface area contributed by atoms with Crippen molar-refractivity contribution in [3.8, 4) is 0 Å². The predicted octanol–water partition coefficient (Wildman–Crippen LogP) is 4.62. The first-order valence-corrected chi connectivity index (χ1v) is 8.25. The second kappa shape index (κ2) is 6.05. The Morgan fingerprint density at radius 2 is 1.95 bits per heavy atom. The number of aliphatic hydroxyl groups is 1. The lowest BCUT2D eigenvalue weighted by molar-refractivity contribution is -0.117. The smallest absolute Gasteiger partial charge is 0.162 e. The molecule has 1 aromatic rings. The van der Waals surface area contributed by atoms with Crippen molar-refractivity contribution in [3.05, 3.63) is 46.2 Å². The molecule has 0 bridgehead atoms. The maximum atomic E-state index is 12.2. The van der Waals surface area contributed by atoms with Gasteiger partial charge in [0, 0.05) is 18.4 Å². The molecule has 0 aromatic heterocycles. The van der Waals surface area contributed by atoms with E-state index in [1.165, 1.54) is 42.4 Å². The minimum absolute atomic E-state index is 0.142. The summed E-state index contributed by atoms with van der Waals surface area (Å²) in [4.78, 5) is 12.2. The average Bonchev–Trinajstić information content (AvgIpc) is 2.53. The van der Waals surface area contributed by atoms with E-state index in [1.807, 2.05) is 6.92 Å². The van der Waals surface area contributed by atoms with Crippen LogP contribution in [0.4, 0.5) is 0 Å². The number of aryl methyl sites for hydroxylation is 2. The summed E-state index contributed by atoms with van der Waals surface area (Å²) in [5.74, 6) is 0.769. The molecule has 0 saturated heterocycles. The molecule has 1 saturated carbocycles. The number of hydrogen-bond donors (Lipinski definition) is 1. The van der Waals surface area contributed by atoms with Crippen LogP contribution in [0, 0.1) is 0 Å². The van der Waals surface area contributed by atoms with Gasteiger partial charge in [0.2, 0.25) is 0 Å². The van der Waals surface area contributed by atoms with Crippen LogP contribution in [0.1, 0.15) is 68.1 Å². The normalized spacial score (nSPS) is 24.6. The summed E-state index contributed by atoms with van der Waals surface area (Å²) in [6.45, 7) is 1.89. The number of carbonyl (C=O) groups excluding carboxylic acids is 1. The third kappa shape index (κ3) is 2.90. The Kier molecular flexibility index (Phi) is 4.14. The van der Waals surface area contributed by atoms with Crippen LogP contribution in [0.2, 0.25) is 0 Å². The van der Waals surface area contributed by atoms with E-state index in [1.54, 1.807) is 0 Å². The molecular weight excluding hydrogens is 260 g/mol. The molecule has 21 heavy (non-hydrogen) atoms. The summed E-state index contributed by atoms with van der Waals surface area (Å²) in [5.41, 5.74) is 4.98. The van der Waals surface area contributed by atoms with E-state index in [0.717, 1.165) is 12.8 Å². The fourth-order valence-electron chi connectivity index (χ4n) is 3.72. The van der Waals surface area contributed by atoms with Crippen LogP contribution >= 0.6 is 0 Å². The molecule has 1 aromatic carbocycles. The molecule has 1 atom stereocenters. The average molecular weight is 284 g/mol. The van der Waals surface area contributed by atoms with Gasteiger partial charge in [0.25, 0.3) is 0 Å². The number of rotatable bonds is 2. The van der Waals surface area contributed by atoms with Crippen LogP contribution < -0.4 is 0 Å². The van der Waals surface area contributed by atoms with Gasteiger partial charge in [0.05, 0.1) is 5.76 Å². The van der Waals surface area contributed by atoms with E-state index < -0.39 is 0 Å². The molecule has 0 radical (unpaired) electrons. The molecule has 0 amide bonds. The quantitative estimate of drug-likeness (QED) is 0.635. The van der Waals surface area contributed by atoms with Crippen molar-refractivity contribution in [2.45, 2.75) is 64.2 Å². The molecule has 3 rings (SSSR count). The molecule has 112 valence electrons. The summed E-state index contributed by atoms with van der Waals surface area (Å²) in [7, 11) is 0. The van der Waals surface area contributed by atoms with Crippen molar-refractivity contribution in [2.75, 3.05) is 0 Å². The molecular formula is C19H24O2. The van der Waals surface area contributed by atoms with E-state index in [2.05, 4.69) is 18.2 Å². The van der Waals surface area contributed by atoms with Gasteiger partial charge in [0.15, 0.2) is 5.78 Å². The number of carbonyl (C=O) groups is 1. The van der Waals surface area contributed by atoms with Crippen molar-refractivity contribution >= 4 is 5.78 Å². The molecule has 1 unspecified atom stereocenters. The maximum absolute atomic E-state index is 12.2. The van der Waals surface area contributed by atoms with E-state index >= 15 is 0 Å². The summed E-state index contributed by atoms with van der Waals surface area (Å²) in [5, 5.41) is 9.83. The Morgan fingerprint density at radius 1 is 1.19 bits per heavy atom. The number of aliphatic hydroxyl groups excluding tert-OH is 1. The minimum Gasteiger partial charge on any atom is -0.512 e. The second-order valence-corrected chi connectivity index (χ2v) is 6.38. The summed E-state index contributed by atoms with van der Waals surface area (Å²) in [6.07, 6.45) is 7.80. The zero-order valence-electron chi connectivity index (χ0n) is 12.8. The SMILES string of the molecule is CCC(O)=C1CCC(c2ccc3c(c2)CCCC3)CC1=O. The van der Waals surface area contributed by atoms with Gasteiger partial charge in [-0.2, -0.15) is 0 Å². The third-order valence-electron chi connectivity index (χ3n) is 5.04. The van der Waals surface area contributed by atoms with Gasteiger partial charge in [-0.3, -0.25) is 4.79 Å². The number of fused-ring (bicyclic) bond motifs is 1. The first-order chi connectivity index (χ1) is 10.2.